The van der Waals surface area contributed by atoms with E-state index in [1.54, 1.807) is 11.3 Å². The molecule has 5 heterocycles. The second kappa shape index (κ2) is 7.07. The maximum Gasteiger partial charge on any atom is 0.263 e. The molecule has 0 atom stereocenters. The normalized spacial score (nSPS) is 21.1. The van der Waals surface area contributed by atoms with Crippen molar-refractivity contribution in [1.29, 1.82) is 0 Å². The molecule has 3 aromatic rings. The molecule has 0 aliphatic carbocycles. The Morgan fingerprint density at radius 2 is 1.84 bits per heavy atom. The minimum Gasteiger partial charge on any atom is -0.381 e. The van der Waals surface area contributed by atoms with Crippen molar-refractivity contribution < 1.29 is 4.79 Å². The molecule has 6 nitrogen and oxygen atoms in total. The van der Waals surface area contributed by atoms with E-state index < -0.39 is 0 Å². The van der Waals surface area contributed by atoms with Crippen LogP contribution in [0, 0.1) is 5.41 Å². The topological polar surface area (TPSA) is 60.5 Å². The highest BCUT2D eigenvalue weighted by Gasteiger charge is 2.45. The maximum absolute atomic E-state index is 12.4. The third kappa shape index (κ3) is 3.09. The summed E-state index contributed by atoms with van der Waals surface area (Å²) in [5.74, 6) is 1.10. The van der Waals surface area contributed by atoms with Gasteiger partial charge in [0.05, 0.1) is 11.2 Å². The predicted molar refractivity (Wildman–Crippen MR) is 129 cm³/mol. The summed E-state index contributed by atoms with van der Waals surface area (Å²) in [6.07, 6.45) is 2.59. The number of likely N-dealkylation sites (tertiary alicyclic amines) is 1. The van der Waals surface area contributed by atoms with Crippen LogP contribution in [0.4, 0.5) is 11.5 Å². The number of benzene rings is 1. The number of hydrogen-bond donors (Lipinski definition) is 2. The molecular weight excluding hydrogens is 406 g/mol. The van der Waals surface area contributed by atoms with E-state index >= 15 is 0 Å². The molecule has 162 valence electrons. The number of hydrogen-bond acceptors (Lipinski definition) is 6. The standard InChI is InChI=1S/C24H29N5OS/c1-15(2)28-11-7-24(8-12-28)13-29(14-24)19-6-3-16-17(27-19)4-5-18-20(16)21-22(31-18)23(30)26-10-9-25-21/h3-6,15,25H,7-14H2,1-2H3,(H,26,30). The highest BCUT2D eigenvalue weighted by atomic mass is 32.1. The summed E-state index contributed by atoms with van der Waals surface area (Å²) in [5, 5.41) is 8.70. The van der Waals surface area contributed by atoms with E-state index in [-0.39, 0.29) is 5.91 Å². The van der Waals surface area contributed by atoms with Crippen LogP contribution in [-0.4, -0.2) is 61.1 Å². The maximum atomic E-state index is 12.4. The second-order valence-corrected chi connectivity index (χ2v) is 10.7. The third-order valence-corrected chi connectivity index (χ3v) is 8.55. The summed E-state index contributed by atoms with van der Waals surface area (Å²) < 4.78 is 1.14. The fraction of sp³-hybridized carbons (Fsp3) is 0.500. The molecular formula is C24H29N5OS. The zero-order chi connectivity index (χ0) is 21.2. The fourth-order valence-electron chi connectivity index (χ4n) is 5.50. The number of piperidine rings is 1. The van der Waals surface area contributed by atoms with Gasteiger partial charge in [0.15, 0.2) is 0 Å². The molecule has 6 rings (SSSR count). The van der Waals surface area contributed by atoms with Gasteiger partial charge in [0.25, 0.3) is 5.91 Å². The lowest BCUT2D eigenvalue weighted by molar-refractivity contribution is 0.0597. The molecule has 2 saturated heterocycles. The third-order valence-electron chi connectivity index (χ3n) is 7.39. The highest BCUT2D eigenvalue weighted by molar-refractivity contribution is 7.21. The summed E-state index contributed by atoms with van der Waals surface area (Å²) in [6.45, 7) is 10.7. The molecule has 7 heteroatoms. The van der Waals surface area contributed by atoms with Gasteiger partial charge in [0, 0.05) is 53.1 Å². The van der Waals surface area contributed by atoms with Crippen LogP contribution in [0.15, 0.2) is 24.3 Å². The molecule has 1 aromatic carbocycles. The van der Waals surface area contributed by atoms with Gasteiger partial charge in [-0.2, -0.15) is 0 Å². The van der Waals surface area contributed by atoms with Gasteiger partial charge in [-0.1, -0.05) is 0 Å². The van der Waals surface area contributed by atoms with E-state index in [1.807, 2.05) is 0 Å². The first kappa shape index (κ1) is 19.3. The zero-order valence-electron chi connectivity index (χ0n) is 18.2. The van der Waals surface area contributed by atoms with E-state index in [2.05, 4.69) is 58.5 Å². The minimum atomic E-state index is 0.0216. The summed E-state index contributed by atoms with van der Waals surface area (Å²) in [4.78, 5) is 23.3. The van der Waals surface area contributed by atoms with Crippen LogP contribution in [0.2, 0.25) is 0 Å². The largest absolute Gasteiger partial charge is 0.381 e. The zero-order valence-corrected chi connectivity index (χ0v) is 19.0. The van der Waals surface area contributed by atoms with E-state index in [4.69, 9.17) is 4.98 Å². The molecule has 1 amide bonds. The van der Waals surface area contributed by atoms with Gasteiger partial charge in [-0.15, -0.1) is 11.3 Å². The van der Waals surface area contributed by atoms with Crippen LogP contribution >= 0.6 is 11.3 Å². The van der Waals surface area contributed by atoms with Crippen molar-refractivity contribution in [3.8, 4) is 0 Å². The number of nitrogens with one attached hydrogen (secondary N) is 2. The number of pyridine rings is 1. The molecule has 2 aromatic heterocycles. The molecule has 3 aliphatic rings. The number of thiophene rings is 1. The Kier molecular flexibility index (Phi) is 4.40. The predicted octanol–water partition coefficient (Wildman–Crippen LogP) is 3.92. The second-order valence-electron chi connectivity index (χ2n) is 9.65. The monoisotopic (exact) mass is 435 g/mol. The summed E-state index contributed by atoms with van der Waals surface area (Å²) in [6, 6.07) is 9.23. The Bertz CT molecular complexity index is 1170. The van der Waals surface area contributed by atoms with Gasteiger partial charge in [0.2, 0.25) is 0 Å². The number of aromatic nitrogens is 1. The van der Waals surface area contributed by atoms with Gasteiger partial charge in [-0.25, -0.2) is 4.98 Å². The van der Waals surface area contributed by atoms with E-state index in [9.17, 15) is 4.79 Å². The van der Waals surface area contributed by atoms with Crippen LogP contribution < -0.4 is 15.5 Å². The average molecular weight is 436 g/mol. The average Bonchev–Trinajstić information content (AvgIpc) is 3.04. The number of carbonyl (C=O) groups excluding carboxylic acids is 1. The Balaban J connectivity index is 1.28. The van der Waals surface area contributed by atoms with E-state index in [0.717, 1.165) is 57.0 Å². The summed E-state index contributed by atoms with van der Waals surface area (Å²) in [7, 11) is 0. The fourth-order valence-corrected chi connectivity index (χ4v) is 6.61. The molecule has 1 spiro atoms. The van der Waals surface area contributed by atoms with Crippen molar-refractivity contribution >= 4 is 49.7 Å². The molecule has 31 heavy (non-hydrogen) atoms. The lowest BCUT2D eigenvalue weighted by Crippen LogP contribution is -2.61. The first-order valence-corrected chi connectivity index (χ1v) is 12.2. The van der Waals surface area contributed by atoms with Crippen LogP contribution in [0.1, 0.15) is 36.4 Å². The molecule has 2 N–H and O–H groups in total. The lowest BCUT2D eigenvalue weighted by Gasteiger charge is -2.55. The number of carbonyl (C=O) groups is 1. The van der Waals surface area contributed by atoms with Gasteiger partial charge in [0.1, 0.15) is 10.7 Å². The van der Waals surface area contributed by atoms with Crippen LogP contribution in [0.3, 0.4) is 0 Å². The Labute approximate surface area is 186 Å². The number of fused-ring (bicyclic) bond motifs is 5. The summed E-state index contributed by atoms with van der Waals surface area (Å²) >= 11 is 1.56. The SMILES string of the molecule is CC(C)N1CCC2(CC1)CN(c1ccc3c(ccc4sc5c(c43)NCCNC5=O)n1)C2. The molecule has 0 radical (unpaired) electrons. The van der Waals surface area contributed by atoms with E-state index in [1.165, 1.54) is 25.9 Å². The Hall–Kier alpha value is -2.38. The smallest absolute Gasteiger partial charge is 0.263 e. The van der Waals surface area contributed by atoms with Crippen LogP contribution in [0.25, 0.3) is 21.0 Å². The Morgan fingerprint density at radius 1 is 1.06 bits per heavy atom. The van der Waals surface area contributed by atoms with Crippen molar-refractivity contribution in [3.63, 3.8) is 0 Å². The van der Waals surface area contributed by atoms with Crippen molar-refractivity contribution in [3.05, 3.63) is 29.1 Å². The molecule has 0 saturated carbocycles. The van der Waals surface area contributed by atoms with Gasteiger partial charge < -0.3 is 20.4 Å². The van der Waals surface area contributed by atoms with Gasteiger partial charge in [-0.05, 0) is 64.0 Å². The van der Waals surface area contributed by atoms with Gasteiger partial charge in [-0.3, -0.25) is 4.79 Å². The molecule has 0 unspecified atom stereocenters. The summed E-state index contributed by atoms with van der Waals surface area (Å²) in [5.41, 5.74) is 2.45. The highest BCUT2D eigenvalue weighted by Crippen LogP contribution is 2.44. The lowest BCUT2D eigenvalue weighted by atomic mass is 9.72. The van der Waals surface area contributed by atoms with Crippen molar-refractivity contribution in [2.45, 2.75) is 32.7 Å². The number of amides is 1. The molecule has 0 bridgehead atoms. The van der Waals surface area contributed by atoms with Crippen LogP contribution in [0.5, 0.6) is 0 Å². The van der Waals surface area contributed by atoms with Crippen molar-refractivity contribution in [1.82, 2.24) is 15.2 Å². The number of nitrogens with zero attached hydrogens (tertiary/aromatic N) is 3. The Morgan fingerprint density at radius 3 is 2.61 bits per heavy atom. The number of rotatable bonds is 2. The van der Waals surface area contributed by atoms with Crippen molar-refractivity contribution in [2.24, 2.45) is 5.41 Å². The van der Waals surface area contributed by atoms with Gasteiger partial charge >= 0.3 is 0 Å². The first-order chi connectivity index (χ1) is 15.0. The molecule has 3 aliphatic heterocycles. The molecule has 2 fully saturated rings. The first-order valence-electron chi connectivity index (χ1n) is 11.4. The quantitative estimate of drug-likeness (QED) is 0.639. The van der Waals surface area contributed by atoms with Crippen molar-refractivity contribution in [2.75, 3.05) is 49.5 Å². The van der Waals surface area contributed by atoms with Crippen LogP contribution in [-0.2, 0) is 0 Å². The van der Waals surface area contributed by atoms with E-state index in [0.29, 0.717) is 18.0 Å². The number of anilines is 2. The minimum absolute atomic E-state index is 0.0216.